The van der Waals surface area contributed by atoms with Gasteiger partial charge in [0.1, 0.15) is 0 Å². The summed E-state index contributed by atoms with van der Waals surface area (Å²) in [6, 6.07) is 10.4. The van der Waals surface area contributed by atoms with Crippen molar-refractivity contribution in [2.75, 3.05) is 0 Å². The number of aryl methyl sites for hydroxylation is 1. The number of fused-ring (bicyclic) bond motifs is 1. The molecule has 1 aromatic carbocycles. The maximum absolute atomic E-state index is 4.57. The van der Waals surface area contributed by atoms with E-state index in [2.05, 4.69) is 62.6 Å². The quantitative estimate of drug-likeness (QED) is 0.613. The summed E-state index contributed by atoms with van der Waals surface area (Å²) in [5.74, 6) is 0. The molecule has 23 heavy (non-hydrogen) atoms. The van der Waals surface area contributed by atoms with Crippen LogP contribution in [0.3, 0.4) is 0 Å². The van der Waals surface area contributed by atoms with Crippen LogP contribution in [0.2, 0.25) is 0 Å². The third-order valence-corrected chi connectivity index (χ3v) is 4.64. The standard InChI is InChI=1S/C17H17N5S/c1-13-16(21-9-10-23-17(21)20-13)12-18-11-14-3-5-15(6-4-14)22-8-2-7-19-22/h2-10,18H,11-12H2,1H3. The average molecular weight is 323 g/mol. The molecule has 4 rings (SSSR count). The van der Waals surface area contributed by atoms with Gasteiger partial charge in [-0.05, 0) is 30.7 Å². The minimum absolute atomic E-state index is 0.810. The Labute approximate surface area is 138 Å². The SMILES string of the molecule is Cc1nc2sccn2c1CNCc1ccc(-n2cccn2)cc1. The normalized spacial score (nSPS) is 11.3. The number of benzene rings is 1. The summed E-state index contributed by atoms with van der Waals surface area (Å²) < 4.78 is 4.02. The molecule has 0 amide bonds. The fourth-order valence-corrected chi connectivity index (χ4v) is 3.45. The van der Waals surface area contributed by atoms with E-state index in [4.69, 9.17) is 0 Å². The van der Waals surface area contributed by atoms with Crippen LogP contribution in [0.25, 0.3) is 10.6 Å². The molecule has 0 aliphatic carbocycles. The average Bonchev–Trinajstić information content (AvgIpc) is 3.27. The number of nitrogens with one attached hydrogen (secondary N) is 1. The van der Waals surface area contributed by atoms with Crippen LogP contribution in [-0.4, -0.2) is 19.2 Å². The van der Waals surface area contributed by atoms with Crippen LogP contribution >= 0.6 is 11.3 Å². The van der Waals surface area contributed by atoms with Crippen LogP contribution in [-0.2, 0) is 13.1 Å². The lowest BCUT2D eigenvalue weighted by atomic mass is 10.2. The van der Waals surface area contributed by atoms with Crippen molar-refractivity contribution in [1.82, 2.24) is 24.5 Å². The molecule has 0 atom stereocenters. The summed E-state index contributed by atoms with van der Waals surface area (Å²) >= 11 is 1.67. The van der Waals surface area contributed by atoms with Crippen molar-refractivity contribution in [3.63, 3.8) is 0 Å². The molecule has 3 heterocycles. The first-order valence-electron chi connectivity index (χ1n) is 7.52. The van der Waals surface area contributed by atoms with Gasteiger partial charge in [0.25, 0.3) is 0 Å². The lowest BCUT2D eigenvalue weighted by Crippen LogP contribution is -2.14. The molecule has 3 aromatic heterocycles. The molecule has 6 heteroatoms. The number of rotatable bonds is 5. The minimum atomic E-state index is 0.810. The smallest absolute Gasteiger partial charge is 0.194 e. The molecule has 0 saturated heterocycles. The highest BCUT2D eigenvalue weighted by molar-refractivity contribution is 7.15. The number of thiazole rings is 1. The highest BCUT2D eigenvalue weighted by Gasteiger charge is 2.08. The molecule has 0 aliphatic rings. The highest BCUT2D eigenvalue weighted by atomic mass is 32.1. The number of imidazole rings is 1. The van der Waals surface area contributed by atoms with Gasteiger partial charge in [0.15, 0.2) is 4.96 Å². The van der Waals surface area contributed by atoms with Gasteiger partial charge in [0.2, 0.25) is 0 Å². The fraction of sp³-hybridized carbons (Fsp3) is 0.176. The second kappa shape index (κ2) is 5.98. The molecular weight excluding hydrogens is 306 g/mol. The number of hydrogen-bond acceptors (Lipinski definition) is 4. The van der Waals surface area contributed by atoms with Gasteiger partial charge in [-0.2, -0.15) is 5.10 Å². The van der Waals surface area contributed by atoms with Gasteiger partial charge in [0, 0.05) is 37.1 Å². The van der Waals surface area contributed by atoms with Crippen molar-refractivity contribution in [1.29, 1.82) is 0 Å². The molecule has 1 N–H and O–H groups in total. The predicted octanol–water partition coefficient (Wildman–Crippen LogP) is 3.18. The first-order chi connectivity index (χ1) is 11.3. The van der Waals surface area contributed by atoms with Crippen LogP contribution in [0.1, 0.15) is 17.0 Å². The number of hydrogen-bond donors (Lipinski definition) is 1. The van der Waals surface area contributed by atoms with E-state index < -0.39 is 0 Å². The summed E-state index contributed by atoms with van der Waals surface area (Å²) in [4.78, 5) is 5.63. The van der Waals surface area contributed by atoms with Crippen LogP contribution < -0.4 is 5.32 Å². The van der Waals surface area contributed by atoms with E-state index in [-0.39, 0.29) is 0 Å². The molecule has 4 aromatic rings. The van der Waals surface area contributed by atoms with Gasteiger partial charge >= 0.3 is 0 Å². The van der Waals surface area contributed by atoms with E-state index in [9.17, 15) is 0 Å². The Bertz CT molecular complexity index is 902. The number of aromatic nitrogens is 4. The van der Waals surface area contributed by atoms with Crippen molar-refractivity contribution < 1.29 is 0 Å². The van der Waals surface area contributed by atoms with Crippen LogP contribution in [0.15, 0.2) is 54.3 Å². The summed E-state index contributed by atoms with van der Waals surface area (Å²) in [6.45, 7) is 3.70. The second-order valence-electron chi connectivity index (χ2n) is 5.42. The van der Waals surface area contributed by atoms with Crippen molar-refractivity contribution in [3.05, 3.63) is 71.3 Å². The van der Waals surface area contributed by atoms with Gasteiger partial charge in [-0.1, -0.05) is 12.1 Å². The Morgan fingerprint density at radius 2 is 2.00 bits per heavy atom. The first-order valence-corrected chi connectivity index (χ1v) is 8.40. The van der Waals surface area contributed by atoms with E-state index in [1.54, 1.807) is 17.5 Å². The summed E-state index contributed by atoms with van der Waals surface area (Å²) in [5.41, 5.74) is 4.66. The lowest BCUT2D eigenvalue weighted by molar-refractivity contribution is 0.672. The van der Waals surface area contributed by atoms with E-state index in [0.29, 0.717) is 0 Å². The van der Waals surface area contributed by atoms with Crippen molar-refractivity contribution in [2.45, 2.75) is 20.0 Å². The molecular formula is C17H17N5S. The molecule has 0 unspecified atom stereocenters. The molecule has 0 fully saturated rings. The van der Waals surface area contributed by atoms with Crippen LogP contribution in [0.4, 0.5) is 0 Å². The molecule has 0 saturated carbocycles. The Kier molecular flexibility index (Phi) is 3.69. The van der Waals surface area contributed by atoms with Crippen molar-refractivity contribution >= 4 is 16.3 Å². The third-order valence-electron chi connectivity index (χ3n) is 3.89. The van der Waals surface area contributed by atoms with Crippen LogP contribution in [0, 0.1) is 6.92 Å². The zero-order chi connectivity index (χ0) is 15.6. The zero-order valence-corrected chi connectivity index (χ0v) is 13.6. The van der Waals surface area contributed by atoms with Gasteiger partial charge in [-0.15, -0.1) is 11.3 Å². The molecule has 0 spiro atoms. The van der Waals surface area contributed by atoms with E-state index in [0.717, 1.165) is 29.4 Å². The second-order valence-corrected chi connectivity index (χ2v) is 6.29. The van der Waals surface area contributed by atoms with Gasteiger partial charge in [-0.25, -0.2) is 9.67 Å². The Hall–Kier alpha value is -2.44. The molecule has 5 nitrogen and oxygen atoms in total. The fourth-order valence-electron chi connectivity index (χ4n) is 2.67. The minimum Gasteiger partial charge on any atom is -0.307 e. The van der Waals surface area contributed by atoms with E-state index >= 15 is 0 Å². The lowest BCUT2D eigenvalue weighted by Gasteiger charge is -2.07. The van der Waals surface area contributed by atoms with Gasteiger partial charge in [-0.3, -0.25) is 4.40 Å². The van der Waals surface area contributed by atoms with E-state index in [1.165, 1.54) is 11.3 Å². The molecule has 0 aliphatic heterocycles. The van der Waals surface area contributed by atoms with Crippen molar-refractivity contribution in [2.24, 2.45) is 0 Å². The Balaban J connectivity index is 1.41. The first kappa shape index (κ1) is 14.2. The van der Waals surface area contributed by atoms with Crippen LogP contribution in [0.5, 0.6) is 0 Å². The predicted molar refractivity (Wildman–Crippen MR) is 91.9 cm³/mol. The number of nitrogens with zero attached hydrogens (tertiary/aromatic N) is 4. The zero-order valence-electron chi connectivity index (χ0n) is 12.8. The highest BCUT2D eigenvalue weighted by Crippen LogP contribution is 2.16. The maximum Gasteiger partial charge on any atom is 0.194 e. The van der Waals surface area contributed by atoms with Gasteiger partial charge in [0.05, 0.1) is 17.1 Å². The van der Waals surface area contributed by atoms with Gasteiger partial charge < -0.3 is 5.32 Å². The largest absolute Gasteiger partial charge is 0.307 e. The van der Waals surface area contributed by atoms with Crippen molar-refractivity contribution in [3.8, 4) is 5.69 Å². The topological polar surface area (TPSA) is 47.1 Å². The summed E-state index contributed by atoms with van der Waals surface area (Å²) in [6.07, 6.45) is 5.81. The third kappa shape index (κ3) is 2.78. The molecule has 116 valence electrons. The molecule has 0 radical (unpaired) electrons. The molecule has 0 bridgehead atoms. The monoisotopic (exact) mass is 323 g/mol. The Morgan fingerprint density at radius 1 is 1.13 bits per heavy atom. The summed E-state index contributed by atoms with van der Waals surface area (Å²) in [5, 5.41) is 9.81. The van der Waals surface area contributed by atoms with E-state index in [1.807, 2.05) is 16.9 Å². The Morgan fingerprint density at radius 3 is 2.78 bits per heavy atom. The summed E-state index contributed by atoms with van der Waals surface area (Å²) in [7, 11) is 0. The maximum atomic E-state index is 4.57.